The fourth-order valence-electron chi connectivity index (χ4n) is 0.799. The van der Waals surface area contributed by atoms with E-state index in [1.807, 2.05) is 0 Å². The van der Waals surface area contributed by atoms with Gasteiger partial charge in [0.1, 0.15) is 0 Å². The smallest absolute Gasteiger partial charge is 0.367 e. The molecule has 0 saturated heterocycles. The van der Waals surface area contributed by atoms with Gasteiger partial charge < -0.3 is 4.52 Å². The molecule has 0 aliphatic heterocycles. The first kappa shape index (κ1) is 14.0. The van der Waals surface area contributed by atoms with Crippen LogP contribution >= 0.6 is 7.82 Å². The third-order valence-corrected chi connectivity index (χ3v) is 1.80. The first-order valence-electron chi connectivity index (χ1n) is 4.27. The van der Waals surface area contributed by atoms with E-state index in [1.165, 1.54) is 6.92 Å². The standard InChI is InChI=1S/C8H13O6P/c1-3-4-7(9)5-6(2)8(10)14-15(11,12)13/h5H,3-4H2,1-2H3,(H2,11,12,13). The Balaban J connectivity index is 4.45. The van der Waals surface area contributed by atoms with Crippen LogP contribution in [0.2, 0.25) is 0 Å². The first-order valence-corrected chi connectivity index (χ1v) is 5.80. The molecule has 0 heterocycles. The van der Waals surface area contributed by atoms with Crippen molar-refractivity contribution in [3.05, 3.63) is 11.6 Å². The molecular formula is C8H13O6P. The molecule has 86 valence electrons. The molecule has 0 rings (SSSR count). The van der Waals surface area contributed by atoms with E-state index in [1.54, 1.807) is 6.92 Å². The molecule has 0 aromatic carbocycles. The number of carbonyl (C=O) groups excluding carboxylic acids is 2. The molecule has 0 atom stereocenters. The van der Waals surface area contributed by atoms with Gasteiger partial charge in [0.25, 0.3) is 0 Å². The average Bonchev–Trinajstić information content (AvgIpc) is 2.00. The largest absolute Gasteiger partial charge is 0.527 e. The molecule has 6 nitrogen and oxygen atoms in total. The highest BCUT2D eigenvalue weighted by molar-refractivity contribution is 7.46. The fourth-order valence-corrected chi connectivity index (χ4v) is 1.16. The van der Waals surface area contributed by atoms with Gasteiger partial charge in [-0.2, -0.15) is 0 Å². The van der Waals surface area contributed by atoms with Crippen molar-refractivity contribution in [2.45, 2.75) is 26.7 Å². The van der Waals surface area contributed by atoms with Gasteiger partial charge in [0.2, 0.25) is 0 Å². The van der Waals surface area contributed by atoms with Crippen molar-refractivity contribution < 1.29 is 28.5 Å². The van der Waals surface area contributed by atoms with Crippen LogP contribution in [0.3, 0.4) is 0 Å². The molecular weight excluding hydrogens is 223 g/mol. The number of rotatable bonds is 5. The minimum absolute atomic E-state index is 0.128. The molecule has 0 amide bonds. The number of phosphoric ester groups is 1. The van der Waals surface area contributed by atoms with Gasteiger partial charge in [0, 0.05) is 12.0 Å². The van der Waals surface area contributed by atoms with Crippen LogP contribution < -0.4 is 0 Å². The number of ketones is 1. The summed E-state index contributed by atoms with van der Waals surface area (Å²) < 4.78 is 14.1. The molecule has 0 aliphatic carbocycles. The van der Waals surface area contributed by atoms with Gasteiger partial charge in [-0.05, 0) is 19.4 Å². The molecule has 0 bridgehead atoms. The Bertz CT molecular complexity index is 326. The van der Waals surface area contributed by atoms with E-state index in [-0.39, 0.29) is 17.8 Å². The zero-order valence-electron chi connectivity index (χ0n) is 8.47. The van der Waals surface area contributed by atoms with Crippen molar-refractivity contribution in [3.63, 3.8) is 0 Å². The van der Waals surface area contributed by atoms with Crippen LogP contribution in [0.4, 0.5) is 0 Å². The monoisotopic (exact) mass is 236 g/mol. The average molecular weight is 236 g/mol. The van der Waals surface area contributed by atoms with Gasteiger partial charge in [-0.15, -0.1) is 0 Å². The Kier molecular flexibility index (Phi) is 5.43. The summed E-state index contributed by atoms with van der Waals surface area (Å²) in [4.78, 5) is 38.7. The summed E-state index contributed by atoms with van der Waals surface area (Å²) in [7, 11) is -4.84. The second-order valence-electron chi connectivity index (χ2n) is 2.91. The van der Waals surface area contributed by atoms with Gasteiger partial charge in [-0.3, -0.25) is 14.6 Å². The predicted molar refractivity (Wildman–Crippen MR) is 51.8 cm³/mol. The minimum atomic E-state index is -4.84. The molecule has 7 heteroatoms. The maximum absolute atomic E-state index is 11.0. The second kappa shape index (κ2) is 5.80. The lowest BCUT2D eigenvalue weighted by molar-refractivity contribution is -0.131. The van der Waals surface area contributed by atoms with Gasteiger partial charge in [-0.1, -0.05) is 6.92 Å². The van der Waals surface area contributed by atoms with Crippen molar-refractivity contribution in [2.24, 2.45) is 0 Å². The summed E-state index contributed by atoms with van der Waals surface area (Å²) in [6, 6.07) is 0. The molecule has 0 aromatic rings. The van der Waals surface area contributed by atoms with Gasteiger partial charge in [0.15, 0.2) is 5.78 Å². The minimum Gasteiger partial charge on any atom is -0.367 e. The number of hydrogen-bond acceptors (Lipinski definition) is 4. The van der Waals surface area contributed by atoms with E-state index in [0.717, 1.165) is 6.08 Å². The van der Waals surface area contributed by atoms with Crippen molar-refractivity contribution in [1.82, 2.24) is 0 Å². The lowest BCUT2D eigenvalue weighted by atomic mass is 10.2. The van der Waals surface area contributed by atoms with Crippen molar-refractivity contribution in [2.75, 3.05) is 0 Å². The Labute approximate surface area is 87.2 Å². The molecule has 2 N–H and O–H groups in total. The van der Waals surface area contributed by atoms with Crippen LogP contribution in [0, 0.1) is 0 Å². The third kappa shape index (κ3) is 7.02. The number of hydrogen-bond donors (Lipinski definition) is 2. The zero-order valence-corrected chi connectivity index (χ0v) is 9.36. The van der Waals surface area contributed by atoms with Crippen LogP contribution in [0.25, 0.3) is 0 Å². The lowest BCUT2D eigenvalue weighted by Crippen LogP contribution is -2.06. The molecule has 15 heavy (non-hydrogen) atoms. The van der Waals surface area contributed by atoms with Gasteiger partial charge in [0.05, 0.1) is 0 Å². The first-order chi connectivity index (χ1) is 6.76. The van der Waals surface area contributed by atoms with Crippen molar-refractivity contribution in [3.8, 4) is 0 Å². The van der Waals surface area contributed by atoms with E-state index >= 15 is 0 Å². The summed E-state index contributed by atoms with van der Waals surface area (Å²) >= 11 is 0. The quantitative estimate of drug-likeness (QED) is 0.544. The Morgan fingerprint density at radius 1 is 1.40 bits per heavy atom. The Hall–Kier alpha value is -0.970. The van der Waals surface area contributed by atoms with Crippen molar-refractivity contribution in [1.29, 1.82) is 0 Å². The van der Waals surface area contributed by atoms with Crippen molar-refractivity contribution >= 4 is 19.6 Å². The molecule has 0 aromatic heterocycles. The number of allylic oxidation sites excluding steroid dienone is 1. The van der Waals surface area contributed by atoms with E-state index < -0.39 is 13.8 Å². The second-order valence-corrected chi connectivity index (χ2v) is 4.08. The van der Waals surface area contributed by atoms with E-state index in [9.17, 15) is 14.2 Å². The van der Waals surface area contributed by atoms with E-state index in [4.69, 9.17) is 9.79 Å². The topological polar surface area (TPSA) is 101 Å². The molecule has 0 aliphatic rings. The highest BCUT2D eigenvalue weighted by atomic mass is 31.2. The number of carbonyl (C=O) groups is 2. The molecule has 0 saturated carbocycles. The molecule has 0 unspecified atom stereocenters. The molecule has 0 spiro atoms. The predicted octanol–water partition coefficient (Wildman–Crippen LogP) is 0.938. The van der Waals surface area contributed by atoms with E-state index in [2.05, 4.69) is 4.52 Å². The van der Waals surface area contributed by atoms with Crippen LogP contribution in [-0.2, 0) is 18.7 Å². The summed E-state index contributed by atoms with van der Waals surface area (Å²) in [5.41, 5.74) is -0.128. The maximum Gasteiger partial charge on any atom is 0.527 e. The number of phosphoric acid groups is 1. The van der Waals surface area contributed by atoms with E-state index in [0.29, 0.717) is 6.42 Å². The zero-order chi connectivity index (χ0) is 12.1. The van der Waals surface area contributed by atoms with Crippen LogP contribution in [0.1, 0.15) is 26.7 Å². The fraction of sp³-hybridized carbons (Fsp3) is 0.500. The summed E-state index contributed by atoms with van der Waals surface area (Å²) in [6.45, 7) is 3.06. The molecule has 0 fully saturated rings. The lowest BCUT2D eigenvalue weighted by Gasteiger charge is -2.04. The highest BCUT2D eigenvalue weighted by Gasteiger charge is 2.21. The SMILES string of the molecule is CCCC(=O)C=C(C)C(=O)OP(=O)(O)O. The van der Waals surface area contributed by atoms with Crippen LogP contribution in [-0.4, -0.2) is 21.5 Å². The van der Waals surface area contributed by atoms with Crippen LogP contribution in [0.5, 0.6) is 0 Å². The summed E-state index contributed by atoms with van der Waals surface area (Å²) in [5, 5.41) is 0. The summed E-state index contributed by atoms with van der Waals surface area (Å²) in [6.07, 6.45) is 1.93. The Morgan fingerprint density at radius 3 is 2.33 bits per heavy atom. The highest BCUT2D eigenvalue weighted by Crippen LogP contribution is 2.36. The van der Waals surface area contributed by atoms with Gasteiger partial charge >= 0.3 is 13.8 Å². The molecule has 0 radical (unpaired) electrons. The summed E-state index contributed by atoms with van der Waals surface area (Å²) in [5.74, 6) is -1.47. The maximum atomic E-state index is 11.0. The van der Waals surface area contributed by atoms with Crippen LogP contribution in [0.15, 0.2) is 11.6 Å². The normalized spacial score (nSPS) is 12.4. The Morgan fingerprint density at radius 2 is 1.93 bits per heavy atom. The van der Waals surface area contributed by atoms with Gasteiger partial charge in [-0.25, -0.2) is 9.36 Å². The third-order valence-electron chi connectivity index (χ3n) is 1.40.